The van der Waals surface area contributed by atoms with E-state index in [0.29, 0.717) is 15.1 Å². The van der Waals surface area contributed by atoms with Gasteiger partial charge in [0.05, 0.1) is 0 Å². The molecule has 150 valence electrons. The molecule has 0 fully saturated rings. The molecule has 4 rings (SSSR count). The highest BCUT2D eigenvalue weighted by atomic mass is 32.4. The summed E-state index contributed by atoms with van der Waals surface area (Å²) in [6, 6.07) is 38.2. The van der Waals surface area contributed by atoms with E-state index in [1.54, 1.807) is 0 Å². The Bertz CT molecular complexity index is 1020. The van der Waals surface area contributed by atoms with E-state index in [-0.39, 0.29) is 0 Å². The van der Waals surface area contributed by atoms with Crippen molar-refractivity contribution in [3.8, 4) is 0 Å². The molecule has 0 bridgehead atoms. The van der Waals surface area contributed by atoms with Gasteiger partial charge in [0.25, 0.3) is 0 Å². The predicted molar refractivity (Wildman–Crippen MR) is 132 cm³/mol. The standard InChI is InChI=1S/C24H20O2P4/c25-29(21-13-5-1-6-14-21,22-15-7-2-8-16-22)27-28-30(26,23-17-9-3-10-18-23)24-19-11-4-12-20-24/h1-20H/q-2. The number of benzene rings is 4. The van der Waals surface area contributed by atoms with Crippen LogP contribution in [0.2, 0.25) is 0 Å². The molecule has 30 heavy (non-hydrogen) atoms. The molecule has 0 saturated heterocycles. The van der Waals surface area contributed by atoms with Gasteiger partial charge in [-0.3, -0.25) is 0 Å². The monoisotopic (exact) mass is 464 g/mol. The maximum absolute atomic E-state index is 14.4. The zero-order chi connectivity index (χ0) is 20.9. The summed E-state index contributed by atoms with van der Waals surface area (Å²) in [6.07, 6.45) is 0. The van der Waals surface area contributed by atoms with Gasteiger partial charge in [-0.25, -0.2) is 0 Å². The second-order valence-electron chi connectivity index (χ2n) is 6.67. The van der Waals surface area contributed by atoms with Gasteiger partial charge in [0, 0.05) is 0 Å². The first-order valence-corrected chi connectivity index (χ1v) is 16.8. The maximum atomic E-state index is 14.4. The average molecular weight is 464 g/mol. The largest absolute Gasteiger partial charge is 0.819 e. The predicted octanol–water partition coefficient (Wildman–Crippen LogP) is 4.51. The molecule has 0 N–H and O–H groups in total. The zero-order valence-electron chi connectivity index (χ0n) is 16.2. The molecule has 0 aromatic heterocycles. The molecular weight excluding hydrogens is 444 g/mol. The highest BCUT2D eigenvalue weighted by molar-refractivity contribution is 8.46. The highest BCUT2D eigenvalue weighted by Gasteiger charge is 2.13. The van der Waals surface area contributed by atoms with Gasteiger partial charge >= 0.3 is 0 Å². The van der Waals surface area contributed by atoms with E-state index in [1.807, 2.05) is 121 Å². The Kier molecular flexibility index (Phi) is 6.87. The van der Waals surface area contributed by atoms with Crippen LogP contribution in [0.3, 0.4) is 0 Å². The van der Waals surface area contributed by atoms with Crippen LogP contribution < -0.4 is 31.0 Å². The van der Waals surface area contributed by atoms with Crippen LogP contribution in [0.1, 0.15) is 0 Å². The van der Waals surface area contributed by atoms with Gasteiger partial charge in [0.15, 0.2) is 0 Å². The van der Waals surface area contributed by atoms with E-state index in [9.17, 15) is 9.79 Å². The summed E-state index contributed by atoms with van der Waals surface area (Å²) in [7, 11) is 1.29. The van der Waals surface area contributed by atoms with Gasteiger partial charge < -0.3 is 9.79 Å². The summed E-state index contributed by atoms with van der Waals surface area (Å²) in [5, 5.41) is 3.16. The van der Waals surface area contributed by atoms with Crippen molar-refractivity contribution in [2.75, 3.05) is 0 Å². The van der Waals surface area contributed by atoms with E-state index >= 15 is 0 Å². The molecule has 4 aromatic rings. The third kappa shape index (κ3) is 4.46. The molecule has 6 heteroatoms. The Morgan fingerprint density at radius 2 is 0.567 bits per heavy atom. The average Bonchev–Trinajstić information content (AvgIpc) is 2.84. The van der Waals surface area contributed by atoms with Gasteiger partial charge in [-0.1, -0.05) is 150 Å². The molecule has 0 amide bonds. The Morgan fingerprint density at radius 1 is 0.367 bits per heavy atom. The Balaban J connectivity index is 2.01. The van der Waals surface area contributed by atoms with Crippen LogP contribution in [0.25, 0.3) is 0 Å². The smallest absolute Gasteiger partial charge is 0.0302 e. The number of hydrogen-bond acceptors (Lipinski definition) is 2. The van der Waals surface area contributed by atoms with E-state index in [2.05, 4.69) is 0 Å². The molecule has 0 radical (unpaired) electrons. The lowest BCUT2D eigenvalue weighted by Gasteiger charge is -2.36. The summed E-state index contributed by atoms with van der Waals surface area (Å²) in [5.74, 6) is 0. The molecule has 4 aromatic carbocycles. The van der Waals surface area contributed by atoms with Crippen LogP contribution in [-0.4, -0.2) is 0 Å². The minimum absolute atomic E-state index is 0.645. The van der Waals surface area contributed by atoms with Crippen molar-refractivity contribution in [3.05, 3.63) is 121 Å². The maximum Gasteiger partial charge on any atom is -0.0302 e. The topological polar surface area (TPSA) is 46.1 Å². The molecule has 0 aliphatic heterocycles. The molecule has 0 heterocycles. The second kappa shape index (κ2) is 9.60. The van der Waals surface area contributed by atoms with E-state index in [0.717, 1.165) is 21.2 Å². The van der Waals surface area contributed by atoms with Crippen molar-refractivity contribution in [2.45, 2.75) is 0 Å². The Labute approximate surface area is 180 Å². The van der Waals surface area contributed by atoms with Gasteiger partial charge in [-0.2, -0.15) is 0 Å². The highest BCUT2D eigenvalue weighted by Crippen LogP contribution is 2.61. The number of hydrogen-bond donors (Lipinski definition) is 0. The molecule has 0 unspecified atom stereocenters. The third-order valence-electron chi connectivity index (χ3n) is 4.72. The fourth-order valence-electron chi connectivity index (χ4n) is 3.14. The third-order valence-corrected chi connectivity index (χ3v) is 21.2. The Morgan fingerprint density at radius 3 is 0.767 bits per heavy atom. The van der Waals surface area contributed by atoms with E-state index in [4.69, 9.17) is 0 Å². The molecular formula is C24H20O2P4-2. The second-order valence-corrected chi connectivity index (χ2v) is 19.1. The van der Waals surface area contributed by atoms with Crippen molar-refractivity contribution in [2.24, 2.45) is 0 Å². The van der Waals surface area contributed by atoms with Crippen molar-refractivity contribution in [1.82, 2.24) is 0 Å². The minimum Gasteiger partial charge on any atom is -0.819 e. The van der Waals surface area contributed by atoms with Crippen LogP contribution in [-0.2, 0) is 0 Å². The lowest BCUT2D eigenvalue weighted by Crippen LogP contribution is -2.24. The summed E-state index contributed by atoms with van der Waals surface area (Å²) in [4.78, 5) is 28.8. The van der Waals surface area contributed by atoms with Crippen molar-refractivity contribution in [3.63, 3.8) is 0 Å². The van der Waals surface area contributed by atoms with Crippen LogP contribution in [0.5, 0.6) is 0 Å². The lowest BCUT2D eigenvalue weighted by molar-refractivity contribution is -0.155. The fraction of sp³-hybridized carbons (Fsp3) is 0. The minimum atomic E-state index is -2.97. The zero-order valence-corrected chi connectivity index (χ0v) is 19.7. The first kappa shape index (κ1) is 21.5. The summed E-state index contributed by atoms with van der Waals surface area (Å²) in [5.41, 5.74) is 0. The van der Waals surface area contributed by atoms with Crippen LogP contribution in [0.15, 0.2) is 121 Å². The Hall–Kier alpha value is -1.74. The first-order chi connectivity index (χ1) is 14.6. The first-order valence-electron chi connectivity index (χ1n) is 9.50. The molecule has 0 aliphatic carbocycles. The van der Waals surface area contributed by atoms with E-state index in [1.165, 1.54) is 0 Å². The van der Waals surface area contributed by atoms with Crippen molar-refractivity contribution < 1.29 is 9.79 Å². The molecule has 0 aliphatic rings. The molecule has 0 spiro atoms. The lowest BCUT2D eigenvalue weighted by atomic mass is 10.4. The van der Waals surface area contributed by atoms with Gasteiger partial charge in [-0.05, 0) is 21.2 Å². The van der Waals surface area contributed by atoms with Crippen LogP contribution in [0, 0.1) is 0 Å². The van der Waals surface area contributed by atoms with E-state index < -0.39 is 13.6 Å². The molecule has 0 atom stereocenters. The fourth-order valence-corrected chi connectivity index (χ4v) is 22.0. The van der Waals surface area contributed by atoms with Gasteiger partial charge in [0.1, 0.15) is 0 Å². The summed E-state index contributed by atoms with van der Waals surface area (Å²) >= 11 is 0. The van der Waals surface area contributed by atoms with Gasteiger partial charge in [0.2, 0.25) is 0 Å². The van der Waals surface area contributed by atoms with Gasteiger partial charge in [-0.15, -0.1) is 0 Å². The van der Waals surface area contributed by atoms with Crippen LogP contribution in [0.4, 0.5) is 0 Å². The molecule has 2 nitrogen and oxygen atoms in total. The van der Waals surface area contributed by atoms with Crippen LogP contribution >= 0.6 is 28.7 Å². The number of rotatable bonds is 5. The molecule has 0 saturated carbocycles. The summed E-state index contributed by atoms with van der Waals surface area (Å²) in [6.45, 7) is -5.95. The SMILES string of the molecule is [O-]P(=PP=P([O-])(c1ccccc1)c1ccccc1)(c1ccccc1)c1ccccc1. The van der Waals surface area contributed by atoms with Crippen molar-refractivity contribution >= 4 is 49.9 Å². The quantitative estimate of drug-likeness (QED) is 0.408. The normalized spacial score (nSPS) is 12.2. The summed E-state index contributed by atoms with van der Waals surface area (Å²) < 4.78 is 0. The van der Waals surface area contributed by atoms with Crippen molar-refractivity contribution in [1.29, 1.82) is 0 Å².